The van der Waals surface area contributed by atoms with Crippen LogP contribution in [0.1, 0.15) is 22.3 Å². The molecule has 1 fully saturated rings. The second kappa shape index (κ2) is 9.12. The first-order valence-corrected chi connectivity index (χ1v) is 9.32. The highest BCUT2D eigenvalue weighted by molar-refractivity contribution is 5.90. The van der Waals surface area contributed by atoms with Crippen molar-refractivity contribution in [1.29, 1.82) is 0 Å². The van der Waals surface area contributed by atoms with Crippen molar-refractivity contribution < 1.29 is 23.9 Å². The average Bonchev–Trinajstić information content (AvgIpc) is 3.21. The van der Waals surface area contributed by atoms with E-state index in [1.807, 2.05) is 0 Å². The van der Waals surface area contributed by atoms with Gasteiger partial charge in [-0.3, -0.25) is 14.8 Å². The van der Waals surface area contributed by atoms with Crippen molar-refractivity contribution in [1.82, 2.24) is 15.6 Å². The zero-order valence-electron chi connectivity index (χ0n) is 16.1. The summed E-state index contributed by atoms with van der Waals surface area (Å²) in [5.74, 6) is -2.59. The van der Waals surface area contributed by atoms with Crippen LogP contribution in [0.3, 0.4) is 0 Å². The van der Waals surface area contributed by atoms with Gasteiger partial charge in [0.25, 0.3) is 5.91 Å². The molecule has 9 nitrogen and oxygen atoms in total. The van der Waals surface area contributed by atoms with Crippen LogP contribution in [0.15, 0.2) is 42.5 Å². The second-order valence-electron chi connectivity index (χ2n) is 6.74. The SMILES string of the molecule is Nc1ccc(CNC(=O)NCC(=O)N2CCCN2c2ccc(F)c(C(=O)O)c2)cc1. The summed E-state index contributed by atoms with van der Waals surface area (Å²) in [5.41, 5.74) is 7.03. The number of nitrogens with one attached hydrogen (secondary N) is 2. The molecule has 0 aromatic heterocycles. The fraction of sp³-hybridized carbons (Fsp3) is 0.250. The molecule has 158 valence electrons. The van der Waals surface area contributed by atoms with E-state index in [0.717, 1.165) is 11.6 Å². The maximum Gasteiger partial charge on any atom is 0.338 e. The Morgan fingerprint density at radius 1 is 1.07 bits per heavy atom. The van der Waals surface area contributed by atoms with Gasteiger partial charge in [-0.25, -0.2) is 14.0 Å². The van der Waals surface area contributed by atoms with Crippen LogP contribution in [-0.2, 0) is 11.3 Å². The Hall–Kier alpha value is -3.82. The molecular weight excluding hydrogens is 393 g/mol. The van der Waals surface area contributed by atoms with E-state index in [4.69, 9.17) is 10.8 Å². The largest absolute Gasteiger partial charge is 0.478 e. The zero-order valence-corrected chi connectivity index (χ0v) is 16.1. The Kier molecular flexibility index (Phi) is 6.35. The van der Waals surface area contributed by atoms with Crippen molar-refractivity contribution in [3.05, 3.63) is 59.4 Å². The highest BCUT2D eigenvalue weighted by Gasteiger charge is 2.28. The van der Waals surface area contributed by atoms with Crippen molar-refractivity contribution in [2.24, 2.45) is 0 Å². The van der Waals surface area contributed by atoms with Crippen LogP contribution in [-0.4, -0.2) is 47.7 Å². The number of nitrogens with two attached hydrogens (primary N) is 1. The fourth-order valence-electron chi connectivity index (χ4n) is 3.10. The maximum absolute atomic E-state index is 13.6. The van der Waals surface area contributed by atoms with E-state index in [1.54, 1.807) is 29.3 Å². The second-order valence-corrected chi connectivity index (χ2v) is 6.74. The molecule has 1 saturated heterocycles. The first kappa shape index (κ1) is 20.9. The minimum Gasteiger partial charge on any atom is -0.478 e. The molecule has 0 bridgehead atoms. The quantitative estimate of drug-likeness (QED) is 0.530. The molecule has 0 spiro atoms. The number of carbonyl (C=O) groups is 3. The zero-order chi connectivity index (χ0) is 21.7. The number of nitrogen functional groups attached to an aromatic ring is 1. The third-order valence-electron chi connectivity index (χ3n) is 4.63. The molecule has 5 N–H and O–H groups in total. The van der Waals surface area contributed by atoms with Gasteiger partial charge in [0.05, 0.1) is 11.3 Å². The molecule has 2 aromatic carbocycles. The number of rotatable bonds is 6. The van der Waals surface area contributed by atoms with Gasteiger partial charge in [-0.15, -0.1) is 0 Å². The average molecular weight is 415 g/mol. The van der Waals surface area contributed by atoms with Crippen molar-refractivity contribution in [3.63, 3.8) is 0 Å². The lowest BCUT2D eigenvalue weighted by Crippen LogP contribution is -2.48. The van der Waals surface area contributed by atoms with Gasteiger partial charge in [-0.1, -0.05) is 12.1 Å². The van der Waals surface area contributed by atoms with E-state index in [-0.39, 0.29) is 19.0 Å². The van der Waals surface area contributed by atoms with Crippen molar-refractivity contribution >= 4 is 29.3 Å². The van der Waals surface area contributed by atoms with Crippen molar-refractivity contribution in [2.75, 3.05) is 30.4 Å². The summed E-state index contributed by atoms with van der Waals surface area (Å²) in [5, 5.41) is 17.3. The molecule has 3 rings (SSSR count). The van der Waals surface area contributed by atoms with Crippen LogP contribution in [0.4, 0.5) is 20.6 Å². The van der Waals surface area contributed by atoms with Gasteiger partial charge in [-0.05, 0) is 42.3 Å². The van der Waals surface area contributed by atoms with E-state index in [0.29, 0.717) is 30.9 Å². The summed E-state index contributed by atoms with van der Waals surface area (Å²) in [7, 11) is 0. The molecule has 30 heavy (non-hydrogen) atoms. The Morgan fingerprint density at radius 2 is 1.80 bits per heavy atom. The summed E-state index contributed by atoms with van der Waals surface area (Å²) < 4.78 is 13.6. The highest BCUT2D eigenvalue weighted by Crippen LogP contribution is 2.24. The Labute approximate surface area is 172 Å². The van der Waals surface area contributed by atoms with Crippen LogP contribution >= 0.6 is 0 Å². The van der Waals surface area contributed by atoms with Crippen LogP contribution in [0.5, 0.6) is 0 Å². The van der Waals surface area contributed by atoms with E-state index in [2.05, 4.69) is 10.6 Å². The molecule has 0 saturated carbocycles. The predicted octanol–water partition coefficient (Wildman–Crippen LogP) is 1.56. The molecule has 0 aliphatic carbocycles. The summed E-state index contributed by atoms with van der Waals surface area (Å²) in [6.07, 6.45) is 0.662. The number of anilines is 2. The van der Waals surface area contributed by atoms with Gasteiger partial charge in [-0.2, -0.15) is 0 Å². The number of carboxylic acid groups (broad SMARTS) is 1. The van der Waals surface area contributed by atoms with E-state index >= 15 is 0 Å². The smallest absolute Gasteiger partial charge is 0.338 e. The van der Waals surface area contributed by atoms with Gasteiger partial charge in [0, 0.05) is 25.3 Å². The lowest BCUT2D eigenvalue weighted by Gasteiger charge is -2.30. The predicted molar refractivity (Wildman–Crippen MR) is 108 cm³/mol. The first-order valence-electron chi connectivity index (χ1n) is 9.32. The number of hydrazine groups is 1. The molecule has 10 heteroatoms. The third kappa shape index (κ3) is 4.96. The number of hydrogen-bond acceptors (Lipinski definition) is 5. The van der Waals surface area contributed by atoms with Crippen molar-refractivity contribution in [2.45, 2.75) is 13.0 Å². The van der Waals surface area contributed by atoms with Gasteiger partial charge in [0.1, 0.15) is 12.4 Å². The number of amides is 3. The van der Waals surface area contributed by atoms with Crippen LogP contribution in [0.2, 0.25) is 0 Å². The van der Waals surface area contributed by atoms with Crippen molar-refractivity contribution in [3.8, 4) is 0 Å². The normalized spacial score (nSPS) is 13.2. The molecule has 1 heterocycles. The summed E-state index contributed by atoms with van der Waals surface area (Å²) in [6.45, 7) is 0.924. The summed E-state index contributed by atoms with van der Waals surface area (Å²) in [6, 6.07) is 10.2. The molecule has 0 unspecified atom stereocenters. The number of aromatic carboxylic acids is 1. The van der Waals surface area contributed by atoms with Gasteiger partial charge in [0.15, 0.2) is 0 Å². The number of halogens is 1. The molecule has 2 aromatic rings. The molecule has 0 atom stereocenters. The lowest BCUT2D eigenvalue weighted by atomic mass is 10.2. The topological polar surface area (TPSA) is 128 Å². The molecule has 1 aliphatic heterocycles. The molecule has 3 amide bonds. The third-order valence-corrected chi connectivity index (χ3v) is 4.63. The highest BCUT2D eigenvalue weighted by atomic mass is 19.1. The van der Waals surface area contributed by atoms with Gasteiger partial charge >= 0.3 is 12.0 Å². The Morgan fingerprint density at radius 3 is 2.50 bits per heavy atom. The number of carbonyl (C=O) groups excluding carboxylic acids is 2. The molecule has 1 aliphatic rings. The first-order chi connectivity index (χ1) is 14.3. The fourth-order valence-corrected chi connectivity index (χ4v) is 3.10. The Balaban J connectivity index is 1.55. The summed E-state index contributed by atoms with van der Waals surface area (Å²) >= 11 is 0. The van der Waals surface area contributed by atoms with Crippen LogP contribution in [0, 0.1) is 5.82 Å². The number of urea groups is 1. The minimum atomic E-state index is -1.38. The van der Waals surface area contributed by atoms with Gasteiger partial charge < -0.3 is 21.5 Å². The minimum absolute atomic E-state index is 0.239. The monoisotopic (exact) mass is 415 g/mol. The number of carboxylic acids is 1. The van der Waals surface area contributed by atoms with E-state index in [9.17, 15) is 18.8 Å². The number of benzene rings is 2. The maximum atomic E-state index is 13.6. The van der Waals surface area contributed by atoms with E-state index < -0.39 is 23.4 Å². The number of hydrogen-bond donors (Lipinski definition) is 4. The number of nitrogens with zero attached hydrogens (tertiary/aromatic N) is 2. The lowest BCUT2D eigenvalue weighted by molar-refractivity contribution is -0.129. The standard InChI is InChI=1S/C20H22FN5O4/c21-17-7-6-15(10-16(17)19(28)29)25-8-1-9-26(25)18(27)12-24-20(30)23-11-13-2-4-14(22)5-3-13/h2-7,10H,1,8-9,11-12,22H2,(H,28,29)(H2,23,24,30). The van der Waals surface area contributed by atoms with Crippen LogP contribution < -0.4 is 21.4 Å². The van der Waals surface area contributed by atoms with Gasteiger partial charge in [0.2, 0.25) is 0 Å². The summed E-state index contributed by atoms with van der Waals surface area (Å²) in [4.78, 5) is 35.7. The van der Waals surface area contributed by atoms with E-state index in [1.165, 1.54) is 17.1 Å². The molecular formula is C20H22FN5O4. The Bertz CT molecular complexity index is 951. The molecule has 0 radical (unpaired) electrons. The van der Waals surface area contributed by atoms with Crippen LogP contribution in [0.25, 0.3) is 0 Å².